The maximum Gasteiger partial charge on any atom is 0.257 e. The number of nitrogens with zero attached hydrogens (tertiary/aromatic N) is 1. The minimum absolute atomic E-state index is 0.00820. The lowest BCUT2D eigenvalue weighted by molar-refractivity contribution is -0.119. The molecule has 0 bridgehead atoms. The van der Waals surface area contributed by atoms with Crippen LogP contribution >= 0.6 is 11.3 Å². The Labute approximate surface area is 166 Å². The van der Waals surface area contributed by atoms with Crippen LogP contribution < -0.4 is 16.2 Å². The lowest BCUT2D eigenvalue weighted by atomic mass is 10.2. The van der Waals surface area contributed by atoms with Crippen LogP contribution in [0.25, 0.3) is 0 Å². The maximum atomic E-state index is 11.8. The number of pyridine rings is 1. The van der Waals surface area contributed by atoms with E-state index >= 15 is 0 Å². The topological polar surface area (TPSA) is 104 Å². The fourth-order valence-electron chi connectivity index (χ4n) is 2.10. The molecule has 3 N–H and O–H groups in total. The van der Waals surface area contributed by atoms with E-state index < -0.39 is 0 Å². The molecule has 0 aliphatic rings. The molecule has 3 aromatic rings. The summed E-state index contributed by atoms with van der Waals surface area (Å²) in [5, 5.41) is 5.93. The van der Waals surface area contributed by atoms with Gasteiger partial charge in [0, 0.05) is 36.2 Å². The number of amides is 2. The van der Waals surface area contributed by atoms with Gasteiger partial charge in [0.15, 0.2) is 5.13 Å². The first kappa shape index (κ1) is 21.0. The van der Waals surface area contributed by atoms with Crippen LogP contribution in [0, 0.1) is 13.8 Å². The number of aromatic nitrogens is 2. The molecular formula is C20H22N4O3S. The minimum atomic E-state index is -0.329. The molecule has 0 atom stereocenters. The van der Waals surface area contributed by atoms with Crippen molar-refractivity contribution in [2.45, 2.75) is 27.3 Å². The third kappa shape index (κ3) is 6.81. The zero-order valence-corrected chi connectivity index (χ0v) is 16.7. The number of rotatable bonds is 4. The summed E-state index contributed by atoms with van der Waals surface area (Å²) in [5.74, 6) is -0.321. The molecule has 0 aliphatic carbocycles. The van der Waals surface area contributed by atoms with E-state index in [1.807, 2.05) is 44.2 Å². The van der Waals surface area contributed by atoms with Crippen molar-refractivity contribution >= 4 is 28.3 Å². The highest BCUT2D eigenvalue weighted by Gasteiger charge is 2.10. The molecule has 0 saturated heterocycles. The molecule has 1 aromatic carbocycles. The van der Waals surface area contributed by atoms with Gasteiger partial charge in [0.1, 0.15) is 0 Å². The van der Waals surface area contributed by atoms with E-state index in [0.29, 0.717) is 17.2 Å². The summed E-state index contributed by atoms with van der Waals surface area (Å²) in [4.78, 5) is 41.1. The van der Waals surface area contributed by atoms with Gasteiger partial charge in [0.25, 0.3) is 5.91 Å². The van der Waals surface area contributed by atoms with Gasteiger partial charge >= 0.3 is 0 Å². The van der Waals surface area contributed by atoms with Gasteiger partial charge in [-0.25, -0.2) is 4.98 Å². The predicted molar refractivity (Wildman–Crippen MR) is 111 cm³/mol. The zero-order valence-electron chi connectivity index (χ0n) is 15.9. The van der Waals surface area contributed by atoms with Gasteiger partial charge in [-0.3, -0.25) is 19.7 Å². The molecule has 3 rings (SSSR count). The van der Waals surface area contributed by atoms with Crippen LogP contribution in [0.15, 0.2) is 53.5 Å². The largest absolute Gasteiger partial charge is 0.352 e. The first-order chi connectivity index (χ1) is 13.3. The first-order valence-corrected chi connectivity index (χ1v) is 9.39. The minimum Gasteiger partial charge on any atom is -0.352 e. The third-order valence-electron chi connectivity index (χ3n) is 3.67. The highest BCUT2D eigenvalue weighted by Crippen LogP contribution is 2.21. The van der Waals surface area contributed by atoms with Crippen LogP contribution in [0.4, 0.5) is 5.13 Å². The fourth-order valence-corrected chi connectivity index (χ4v) is 2.91. The van der Waals surface area contributed by atoms with Gasteiger partial charge in [-0.05, 0) is 25.5 Å². The Balaban J connectivity index is 0.000000221. The Morgan fingerprint density at radius 1 is 1.14 bits per heavy atom. The summed E-state index contributed by atoms with van der Waals surface area (Å²) in [6.07, 6.45) is 1.44. The normalized spacial score (nSPS) is 9.82. The number of aryl methyl sites for hydroxylation is 2. The van der Waals surface area contributed by atoms with Crippen LogP contribution in [-0.2, 0) is 11.3 Å². The number of benzene rings is 1. The quantitative estimate of drug-likeness (QED) is 0.628. The summed E-state index contributed by atoms with van der Waals surface area (Å²) in [7, 11) is 0. The molecule has 0 saturated carbocycles. The first-order valence-electron chi connectivity index (χ1n) is 8.57. The molecule has 0 aliphatic heterocycles. The van der Waals surface area contributed by atoms with Gasteiger partial charge in [-0.1, -0.05) is 30.3 Å². The average molecular weight is 398 g/mol. The number of hydrogen-bond donors (Lipinski definition) is 3. The number of aromatic amines is 1. The highest BCUT2D eigenvalue weighted by molar-refractivity contribution is 7.15. The van der Waals surface area contributed by atoms with Crippen molar-refractivity contribution in [2.24, 2.45) is 0 Å². The van der Waals surface area contributed by atoms with Crippen molar-refractivity contribution in [3.63, 3.8) is 0 Å². The molecule has 7 nitrogen and oxygen atoms in total. The molecule has 146 valence electrons. The Morgan fingerprint density at radius 3 is 2.43 bits per heavy atom. The van der Waals surface area contributed by atoms with Crippen LogP contribution in [-0.4, -0.2) is 21.8 Å². The van der Waals surface area contributed by atoms with E-state index in [2.05, 4.69) is 20.6 Å². The SMILES string of the molecule is CC(=O)NCc1ccccc1.Cc1nc(NC(=O)c2cc[nH]c(=O)c2)sc1C. The summed E-state index contributed by atoms with van der Waals surface area (Å²) in [6, 6.07) is 12.6. The number of H-pyrrole nitrogens is 1. The summed E-state index contributed by atoms with van der Waals surface area (Å²) >= 11 is 1.41. The lowest BCUT2D eigenvalue weighted by Crippen LogP contribution is -2.18. The van der Waals surface area contributed by atoms with Crippen molar-refractivity contribution in [1.29, 1.82) is 0 Å². The summed E-state index contributed by atoms with van der Waals surface area (Å²) < 4.78 is 0. The number of nitrogens with one attached hydrogen (secondary N) is 3. The van der Waals surface area contributed by atoms with Crippen molar-refractivity contribution in [3.8, 4) is 0 Å². The predicted octanol–water partition coefficient (Wildman–Crippen LogP) is 3.02. The van der Waals surface area contributed by atoms with Gasteiger partial charge in [0.2, 0.25) is 11.5 Å². The van der Waals surface area contributed by atoms with Crippen LogP contribution in [0.1, 0.15) is 33.4 Å². The Morgan fingerprint density at radius 2 is 1.86 bits per heavy atom. The van der Waals surface area contributed by atoms with Crippen LogP contribution in [0.3, 0.4) is 0 Å². The average Bonchev–Trinajstić information content (AvgIpc) is 2.98. The number of anilines is 1. The molecule has 28 heavy (non-hydrogen) atoms. The second-order valence-corrected chi connectivity index (χ2v) is 7.15. The molecule has 0 unspecified atom stereocenters. The Bertz CT molecular complexity index is 976. The monoisotopic (exact) mass is 398 g/mol. The Kier molecular flexibility index (Phi) is 7.65. The van der Waals surface area contributed by atoms with E-state index in [1.54, 1.807) is 6.07 Å². The van der Waals surface area contributed by atoms with Gasteiger partial charge < -0.3 is 10.3 Å². The summed E-state index contributed by atoms with van der Waals surface area (Å²) in [5.41, 5.74) is 2.04. The number of carbonyl (C=O) groups is 2. The second kappa shape index (κ2) is 10.2. The molecular weight excluding hydrogens is 376 g/mol. The number of thiazole rings is 1. The fraction of sp³-hybridized carbons (Fsp3) is 0.200. The molecule has 0 fully saturated rings. The molecule has 2 heterocycles. The van der Waals surface area contributed by atoms with E-state index in [0.717, 1.165) is 16.1 Å². The standard InChI is InChI=1S/C11H11N3O2S.C9H11NO/c1-6-7(2)17-11(13-6)14-10(16)8-3-4-12-9(15)5-8;1-8(11)10-7-9-5-3-2-4-6-9/h3-5H,1-2H3,(H,12,15)(H,13,14,16);2-6H,7H2,1H3,(H,10,11). The second-order valence-electron chi connectivity index (χ2n) is 5.95. The van der Waals surface area contributed by atoms with Crippen LogP contribution in [0.2, 0.25) is 0 Å². The van der Waals surface area contributed by atoms with E-state index in [9.17, 15) is 14.4 Å². The third-order valence-corrected chi connectivity index (χ3v) is 4.66. The molecule has 8 heteroatoms. The van der Waals surface area contributed by atoms with Gasteiger partial charge in [-0.15, -0.1) is 11.3 Å². The molecule has 2 aromatic heterocycles. The zero-order chi connectivity index (χ0) is 20.5. The van der Waals surface area contributed by atoms with Gasteiger partial charge in [-0.2, -0.15) is 0 Å². The van der Waals surface area contributed by atoms with E-state index in [1.165, 1.54) is 30.5 Å². The lowest BCUT2D eigenvalue weighted by Gasteiger charge is -2.00. The Hall–Kier alpha value is -3.26. The van der Waals surface area contributed by atoms with Crippen molar-refractivity contribution in [2.75, 3.05) is 5.32 Å². The molecule has 0 radical (unpaired) electrons. The molecule has 2 amide bonds. The van der Waals surface area contributed by atoms with Crippen molar-refractivity contribution < 1.29 is 9.59 Å². The van der Waals surface area contributed by atoms with Crippen LogP contribution in [0.5, 0.6) is 0 Å². The van der Waals surface area contributed by atoms with Crippen molar-refractivity contribution in [1.82, 2.24) is 15.3 Å². The maximum absolute atomic E-state index is 11.8. The summed E-state index contributed by atoms with van der Waals surface area (Å²) in [6.45, 7) is 5.96. The number of carbonyl (C=O) groups excluding carboxylic acids is 2. The van der Waals surface area contributed by atoms with Crippen molar-refractivity contribution in [3.05, 3.63) is 80.7 Å². The molecule has 0 spiro atoms. The number of hydrogen-bond acceptors (Lipinski definition) is 5. The van der Waals surface area contributed by atoms with E-state index in [4.69, 9.17) is 0 Å². The smallest absolute Gasteiger partial charge is 0.257 e. The van der Waals surface area contributed by atoms with Gasteiger partial charge in [0.05, 0.1) is 5.69 Å². The highest BCUT2D eigenvalue weighted by atomic mass is 32.1. The van der Waals surface area contributed by atoms with E-state index in [-0.39, 0.29) is 17.4 Å².